The van der Waals surface area contributed by atoms with Crippen LogP contribution in [-0.4, -0.2) is 48.7 Å². The van der Waals surface area contributed by atoms with Crippen molar-refractivity contribution in [1.82, 2.24) is 9.78 Å². The number of ether oxygens (including phenoxy) is 4. The van der Waals surface area contributed by atoms with Gasteiger partial charge in [-0.2, -0.15) is 5.10 Å². The molecule has 2 N–H and O–H groups in total. The Kier molecular flexibility index (Phi) is 7.92. The molecule has 3 rings (SSSR count). The Morgan fingerprint density at radius 1 is 1.17 bits per heavy atom. The molecular weight excluding hydrogens is 390 g/mol. The van der Waals surface area contributed by atoms with Crippen molar-refractivity contribution in [3.8, 4) is 11.5 Å². The zero-order valence-electron chi connectivity index (χ0n) is 17.4. The molecule has 1 aromatic heterocycles. The maximum Gasteiger partial charge on any atom is 0.341 e. The molecule has 0 bridgehead atoms. The molecule has 0 aliphatic heterocycles. The highest BCUT2D eigenvalue weighted by atomic mass is 16.7. The van der Waals surface area contributed by atoms with Crippen LogP contribution in [0.2, 0.25) is 0 Å². The van der Waals surface area contributed by atoms with E-state index >= 15 is 0 Å². The average molecular weight is 419 g/mol. The second-order valence-corrected chi connectivity index (χ2v) is 7.28. The highest BCUT2D eigenvalue weighted by Crippen LogP contribution is 2.35. The van der Waals surface area contributed by atoms with Gasteiger partial charge in [0.05, 0.1) is 11.9 Å². The molecule has 1 aromatic carbocycles. The fourth-order valence-corrected chi connectivity index (χ4v) is 3.69. The second kappa shape index (κ2) is 10.8. The summed E-state index contributed by atoms with van der Waals surface area (Å²) in [6.07, 6.45) is 7.87. The van der Waals surface area contributed by atoms with E-state index in [0.717, 1.165) is 6.54 Å². The molecule has 164 valence electrons. The number of nitrogens with zero attached hydrogens (tertiary/aromatic N) is 2. The van der Waals surface area contributed by atoms with Crippen LogP contribution >= 0.6 is 0 Å². The number of anilines is 2. The predicted molar refractivity (Wildman–Crippen MR) is 110 cm³/mol. The normalized spacial score (nSPS) is 14.5. The van der Waals surface area contributed by atoms with Crippen molar-refractivity contribution in [3.05, 3.63) is 30.0 Å². The molecule has 1 aliphatic carbocycles. The molecular formula is C21H29N3O6. The summed E-state index contributed by atoms with van der Waals surface area (Å²) in [5.41, 5.74) is 0.329. The van der Waals surface area contributed by atoms with Crippen LogP contribution in [0.3, 0.4) is 0 Å². The van der Waals surface area contributed by atoms with Gasteiger partial charge in [0.2, 0.25) is 0 Å². The van der Waals surface area contributed by atoms with Crippen molar-refractivity contribution in [2.24, 2.45) is 5.92 Å². The number of methoxy groups -OCH3 is 2. The molecule has 0 amide bonds. The third-order valence-electron chi connectivity index (χ3n) is 5.10. The van der Waals surface area contributed by atoms with Crippen LogP contribution in [0, 0.1) is 5.92 Å². The Bertz CT molecular complexity index is 832. The number of hydrogen-bond donors (Lipinski definition) is 2. The molecule has 1 saturated carbocycles. The molecule has 2 aromatic rings. The quantitative estimate of drug-likeness (QED) is 0.529. The van der Waals surface area contributed by atoms with E-state index in [1.165, 1.54) is 52.4 Å². The molecule has 9 heteroatoms. The van der Waals surface area contributed by atoms with E-state index in [1.807, 2.05) is 10.7 Å². The van der Waals surface area contributed by atoms with Crippen molar-refractivity contribution in [1.29, 1.82) is 0 Å². The standard InChI is InChI=1S/C21H29N3O6/c1-27-13-29-16-10-17(20(21(25)26)18(11-16)30-14-28-2)23-19-8-9-22-24(19)12-15-6-4-3-5-7-15/h8-11,15,23H,3-7,12-14H2,1-2H3,(H,25,26). The molecule has 9 nitrogen and oxygen atoms in total. The summed E-state index contributed by atoms with van der Waals surface area (Å²) in [4.78, 5) is 12.0. The Balaban J connectivity index is 1.90. The van der Waals surface area contributed by atoms with Crippen LogP contribution in [0.25, 0.3) is 0 Å². The van der Waals surface area contributed by atoms with E-state index in [-0.39, 0.29) is 24.9 Å². The van der Waals surface area contributed by atoms with E-state index < -0.39 is 5.97 Å². The lowest BCUT2D eigenvalue weighted by molar-refractivity contribution is 0.0446. The second-order valence-electron chi connectivity index (χ2n) is 7.28. The van der Waals surface area contributed by atoms with E-state index in [2.05, 4.69) is 10.4 Å². The lowest BCUT2D eigenvalue weighted by atomic mass is 9.89. The Morgan fingerprint density at radius 3 is 2.60 bits per heavy atom. The molecule has 0 unspecified atom stereocenters. The molecule has 1 heterocycles. The van der Waals surface area contributed by atoms with Crippen LogP contribution in [0.4, 0.5) is 11.5 Å². The number of hydrogen-bond acceptors (Lipinski definition) is 7. The zero-order valence-corrected chi connectivity index (χ0v) is 17.4. The third-order valence-corrected chi connectivity index (χ3v) is 5.10. The topological polar surface area (TPSA) is 104 Å². The van der Waals surface area contributed by atoms with Gasteiger partial charge in [0.15, 0.2) is 13.6 Å². The van der Waals surface area contributed by atoms with Crippen molar-refractivity contribution in [3.63, 3.8) is 0 Å². The van der Waals surface area contributed by atoms with Gasteiger partial charge >= 0.3 is 5.97 Å². The lowest BCUT2D eigenvalue weighted by Crippen LogP contribution is -2.17. The van der Waals surface area contributed by atoms with Crippen molar-refractivity contribution in [2.75, 3.05) is 33.1 Å². The Hall–Kier alpha value is -2.78. The van der Waals surface area contributed by atoms with Crippen LogP contribution < -0.4 is 14.8 Å². The van der Waals surface area contributed by atoms with E-state index in [0.29, 0.717) is 23.2 Å². The molecule has 30 heavy (non-hydrogen) atoms. The van der Waals surface area contributed by atoms with Gasteiger partial charge < -0.3 is 29.4 Å². The van der Waals surface area contributed by atoms with E-state index in [4.69, 9.17) is 18.9 Å². The maximum atomic E-state index is 12.0. The van der Waals surface area contributed by atoms with Crippen LogP contribution in [0.5, 0.6) is 11.5 Å². The predicted octanol–water partition coefficient (Wildman–Crippen LogP) is 3.87. The molecule has 0 saturated heterocycles. The smallest absolute Gasteiger partial charge is 0.341 e. The van der Waals surface area contributed by atoms with Gasteiger partial charge in [0.25, 0.3) is 0 Å². The average Bonchev–Trinajstić information content (AvgIpc) is 3.17. The number of benzene rings is 1. The van der Waals surface area contributed by atoms with Crippen molar-refractivity contribution < 1.29 is 28.8 Å². The number of rotatable bonds is 11. The first kappa shape index (κ1) is 21.9. The summed E-state index contributed by atoms with van der Waals surface area (Å²) in [6.45, 7) is 0.729. The highest BCUT2D eigenvalue weighted by Gasteiger charge is 2.22. The van der Waals surface area contributed by atoms with Gasteiger partial charge in [0, 0.05) is 39.0 Å². The summed E-state index contributed by atoms with van der Waals surface area (Å²) in [7, 11) is 2.98. The summed E-state index contributed by atoms with van der Waals surface area (Å²) in [6, 6.07) is 4.94. The first-order valence-electron chi connectivity index (χ1n) is 10.1. The molecule has 0 spiro atoms. The van der Waals surface area contributed by atoms with Gasteiger partial charge in [-0.15, -0.1) is 0 Å². The SMILES string of the molecule is COCOc1cc(Nc2ccnn2CC2CCCCC2)c(C(=O)O)c(OCOC)c1. The maximum absolute atomic E-state index is 12.0. The zero-order chi connectivity index (χ0) is 21.3. The summed E-state index contributed by atoms with van der Waals surface area (Å²) in [5, 5.41) is 17.5. The van der Waals surface area contributed by atoms with Crippen LogP contribution in [0.1, 0.15) is 42.5 Å². The Morgan fingerprint density at radius 2 is 1.90 bits per heavy atom. The molecule has 0 atom stereocenters. The number of aromatic nitrogens is 2. The largest absolute Gasteiger partial charge is 0.477 e. The fourth-order valence-electron chi connectivity index (χ4n) is 3.69. The van der Waals surface area contributed by atoms with E-state index in [9.17, 15) is 9.90 Å². The minimum atomic E-state index is -1.12. The van der Waals surface area contributed by atoms with E-state index in [1.54, 1.807) is 12.3 Å². The fraction of sp³-hybridized carbons (Fsp3) is 0.524. The van der Waals surface area contributed by atoms with Gasteiger partial charge in [-0.25, -0.2) is 9.48 Å². The lowest BCUT2D eigenvalue weighted by Gasteiger charge is -2.23. The van der Waals surface area contributed by atoms with Gasteiger partial charge in [-0.05, 0) is 18.8 Å². The minimum absolute atomic E-state index is 0.0118. The van der Waals surface area contributed by atoms with Crippen molar-refractivity contribution in [2.45, 2.75) is 38.6 Å². The summed E-state index contributed by atoms with van der Waals surface area (Å²) in [5.74, 6) is 0.715. The first-order valence-corrected chi connectivity index (χ1v) is 10.1. The minimum Gasteiger partial charge on any atom is -0.477 e. The third kappa shape index (κ3) is 5.64. The van der Waals surface area contributed by atoms with Crippen LogP contribution in [0.15, 0.2) is 24.4 Å². The molecule has 1 fully saturated rings. The Labute approximate surface area is 175 Å². The van der Waals surface area contributed by atoms with Gasteiger partial charge in [-0.3, -0.25) is 0 Å². The number of carbonyl (C=O) groups is 1. The number of nitrogens with one attached hydrogen (secondary N) is 1. The van der Waals surface area contributed by atoms with Crippen molar-refractivity contribution >= 4 is 17.5 Å². The molecule has 1 aliphatic rings. The summed E-state index contributed by atoms with van der Waals surface area (Å²) >= 11 is 0. The summed E-state index contributed by atoms with van der Waals surface area (Å²) < 4.78 is 22.8. The van der Waals surface area contributed by atoms with Gasteiger partial charge in [-0.1, -0.05) is 19.3 Å². The van der Waals surface area contributed by atoms with Crippen LogP contribution in [-0.2, 0) is 16.0 Å². The monoisotopic (exact) mass is 419 g/mol. The van der Waals surface area contributed by atoms with Gasteiger partial charge in [0.1, 0.15) is 22.9 Å². The number of aromatic carboxylic acids is 1. The number of carboxylic acid groups (broad SMARTS) is 1. The molecule has 0 radical (unpaired) electrons. The first-order chi connectivity index (χ1) is 14.6. The highest BCUT2D eigenvalue weighted by molar-refractivity contribution is 5.98. The number of carboxylic acids is 1.